The van der Waals surface area contributed by atoms with Crippen LogP contribution in [-0.2, 0) is 30.4 Å². The number of phenols is 1. The zero-order valence-electron chi connectivity index (χ0n) is 22.0. The zero-order valence-corrected chi connectivity index (χ0v) is 22.0. The number of aliphatic carboxylic acids is 1. The molecule has 0 aliphatic carbocycles. The lowest BCUT2D eigenvalue weighted by Gasteiger charge is -2.29. The van der Waals surface area contributed by atoms with Crippen LogP contribution in [0.5, 0.6) is 5.75 Å². The highest BCUT2D eigenvalue weighted by atomic mass is 16.4. The van der Waals surface area contributed by atoms with Gasteiger partial charge in [-0.25, -0.2) is 4.79 Å². The summed E-state index contributed by atoms with van der Waals surface area (Å²) in [5, 5.41) is 45.4. The molecule has 1 fully saturated rings. The molecule has 4 amide bonds. The Balaban J connectivity index is 2.01. The van der Waals surface area contributed by atoms with E-state index in [1.165, 1.54) is 37.8 Å². The van der Waals surface area contributed by atoms with Gasteiger partial charge in [-0.2, -0.15) is 0 Å². The van der Waals surface area contributed by atoms with Gasteiger partial charge in [0.2, 0.25) is 23.6 Å². The lowest BCUT2D eigenvalue weighted by Crippen LogP contribution is -2.60. The summed E-state index contributed by atoms with van der Waals surface area (Å²) in [4.78, 5) is 63.8. The molecule has 1 aliphatic rings. The first-order valence-corrected chi connectivity index (χ1v) is 12.6. The minimum Gasteiger partial charge on any atom is -0.508 e. The Bertz CT molecular complexity index is 1050. The number of aromatic hydroxyl groups is 1. The van der Waals surface area contributed by atoms with E-state index in [1.807, 2.05) is 0 Å². The van der Waals surface area contributed by atoms with Crippen molar-refractivity contribution in [3.8, 4) is 5.75 Å². The monoisotopic (exact) mass is 551 g/mol. The molecule has 0 aromatic heterocycles. The predicted molar refractivity (Wildman–Crippen MR) is 137 cm³/mol. The van der Waals surface area contributed by atoms with E-state index in [-0.39, 0.29) is 25.1 Å². The van der Waals surface area contributed by atoms with E-state index in [0.717, 1.165) is 0 Å². The van der Waals surface area contributed by atoms with Crippen LogP contribution in [0.4, 0.5) is 0 Å². The second-order valence-corrected chi connectivity index (χ2v) is 9.69. The fourth-order valence-electron chi connectivity index (χ4n) is 4.20. The third kappa shape index (κ3) is 8.63. The van der Waals surface area contributed by atoms with E-state index < -0.39 is 72.0 Å². The van der Waals surface area contributed by atoms with E-state index in [0.29, 0.717) is 12.0 Å². The standard InChI is InChI=1S/C25H37N5O9/c1-12(24(37)30-10-4-5-18(30)22(35)29-20(14(3)32)25(38)39)27-23(36)19(13(2)31)28-21(34)17(26)11-15-6-8-16(33)9-7-15/h6-9,12-14,17-20,31-33H,4-5,10-11,26H2,1-3H3,(H,27,36)(H,28,34)(H,29,35)(H,38,39)/t12-,13+,14+,17-,18-,19-,20-/m0/s1. The summed E-state index contributed by atoms with van der Waals surface area (Å²) >= 11 is 0. The number of likely N-dealkylation sites (tertiary alicyclic amines) is 1. The van der Waals surface area contributed by atoms with Crippen molar-refractivity contribution in [3.05, 3.63) is 29.8 Å². The van der Waals surface area contributed by atoms with Crippen LogP contribution in [0, 0.1) is 0 Å². The summed E-state index contributed by atoms with van der Waals surface area (Å²) < 4.78 is 0. The smallest absolute Gasteiger partial charge is 0.328 e. The molecule has 39 heavy (non-hydrogen) atoms. The Kier molecular flexibility index (Phi) is 11.2. The number of carboxylic acids is 1. The minimum absolute atomic E-state index is 0.0522. The molecule has 1 heterocycles. The number of amides is 4. The number of nitrogens with zero attached hydrogens (tertiary/aromatic N) is 1. The van der Waals surface area contributed by atoms with Crippen molar-refractivity contribution in [2.75, 3.05) is 6.54 Å². The van der Waals surface area contributed by atoms with Gasteiger partial charge in [-0.1, -0.05) is 12.1 Å². The first-order valence-electron chi connectivity index (χ1n) is 12.6. The number of carbonyl (C=O) groups is 5. The van der Waals surface area contributed by atoms with Crippen LogP contribution in [0.3, 0.4) is 0 Å². The predicted octanol–water partition coefficient (Wildman–Crippen LogP) is -2.43. The Morgan fingerprint density at radius 3 is 2.08 bits per heavy atom. The number of aliphatic hydroxyl groups is 2. The normalized spacial score (nSPS) is 19.6. The molecule has 9 N–H and O–H groups in total. The molecule has 0 radical (unpaired) electrons. The second kappa shape index (κ2) is 13.9. The number of hydrogen-bond acceptors (Lipinski definition) is 9. The third-order valence-corrected chi connectivity index (χ3v) is 6.41. The summed E-state index contributed by atoms with van der Waals surface area (Å²) in [6.45, 7) is 4.06. The fourth-order valence-corrected chi connectivity index (χ4v) is 4.20. The van der Waals surface area contributed by atoms with E-state index >= 15 is 0 Å². The zero-order chi connectivity index (χ0) is 29.4. The van der Waals surface area contributed by atoms with Crippen LogP contribution < -0.4 is 21.7 Å². The van der Waals surface area contributed by atoms with Crippen LogP contribution in [0.15, 0.2) is 24.3 Å². The molecule has 216 valence electrons. The van der Waals surface area contributed by atoms with Crippen molar-refractivity contribution in [3.63, 3.8) is 0 Å². The van der Waals surface area contributed by atoms with Crippen molar-refractivity contribution < 1.29 is 44.4 Å². The first kappa shape index (κ1) is 31.5. The van der Waals surface area contributed by atoms with Crippen molar-refractivity contribution in [2.24, 2.45) is 5.73 Å². The maximum absolute atomic E-state index is 13.1. The van der Waals surface area contributed by atoms with Gasteiger partial charge < -0.3 is 47.0 Å². The van der Waals surface area contributed by atoms with Crippen LogP contribution in [-0.4, -0.2) is 104 Å². The molecule has 1 aromatic carbocycles. The molecule has 0 saturated carbocycles. The van der Waals surface area contributed by atoms with Crippen LogP contribution in [0.1, 0.15) is 39.2 Å². The molecule has 1 aromatic rings. The van der Waals surface area contributed by atoms with Gasteiger partial charge in [0, 0.05) is 6.54 Å². The number of nitrogens with two attached hydrogens (primary N) is 1. The number of carboxylic acid groups (broad SMARTS) is 1. The van der Waals surface area contributed by atoms with Gasteiger partial charge in [0.25, 0.3) is 0 Å². The van der Waals surface area contributed by atoms with Crippen molar-refractivity contribution in [1.82, 2.24) is 20.9 Å². The highest BCUT2D eigenvalue weighted by Gasteiger charge is 2.39. The molecule has 1 aliphatic heterocycles. The summed E-state index contributed by atoms with van der Waals surface area (Å²) in [7, 11) is 0. The molecule has 0 spiro atoms. The Morgan fingerprint density at radius 2 is 1.54 bits per heavy atom. The second-order valence-electron chi connectivity index (χ2n) is 9.69. The van der Waals surface area contributed by atoms with Gasteiger partial charge in [0.05, 0.1) is 18.2 Å². The molecule has 2 rings (SSSR count). The quantitative estimate of drug-likeness (QED) is 0.137. The van der Waals surface area contributed by atoms with Gasteiger partial charge in [0.1, 0.15) is 23.9 Å². The molecule has 0 bridgehead atoms. The number of phenolic OH excluding ortho intramolecular Hbond substituents is 1. The third-order valence-electron chi connectivity index (χ3n) is 6.41. The van der Waals surface area contributed by atoms with E-state index in [9.17, 15) is 44.4 Å². The highest BCUT2D eigenvalue weighted by molar-refractivity contribution is 5.95. The van der Waals surface area contributed by atoms with Crippen LogP contribution in [0.25, 0.3) is 0 Å². The molecule has 1 saturated heterocycles. The summed E-state index contributed by atoms with van der Waals surface area (Å²) in [6, 6.07) is -0.138. The summed E-state index contributed by atoms with van der Waals surface area (Å²) in [5.41, 5.74) is 6.61. The van der Waals surface area contributed by atoms with Crippen molar-refractivity contribution in [2.45, 2.75) is 82.5 Å². The van der Waals surface area contributed by atoms with E-state index in [1.54, 1.807) is 12.1 Å². The highest BCUT2D eigenvalue weighted by Crippen LogP contribution is 2.19. The van der Waals surface area contributed by atoms with Crippen molar-refractivity contribution >= 4 is 29.6 Å². The minimum atomic E-state index is -1.55. The fraction of sp³-hybridized carbons (Fsp3) is 0.560. The lowest BCUT2D eigenvalue weighted by molar-refractivity contribution is -0.147. The van der Waals surface area contributed by atoms with E-state index in [2.05, 4.69) is 16.0 Å². The molecular weight excluding hydrogens is 514 g/mol. The van der Waals surface area contributed by atoms with Crippen LogP contribution >= 0.6 is 0 Å². The molecular formula is C25H37N5O9. The van der Waals surface area contributed by atoms with Crippen molar-refractivity contribution in [1.29, 1.82) is 0 Å². The van der Waals surface area contributed by atoms with Gasteiger partial charge in [-0.15, -0.1) is 0 Å². The van der Waals surface area contributed by atoms with Gasteiger partial charge >= 0.3 is 5.97 Å². The van der Waals surface area contributed by atoms with Gasteiger partial charge in [-0.3, -0.25) is 19.2 Å². The average Bonchev–Trinajstić information content (AvgIpc) is 3.35. The largest absolute Gasteiger partial charge is 0.508 e. The van der Waals surface area contributed by atoms with E-state index in [4.69, 9.17) is 5.73 Å². The number of hydrogen-bond donors (Lipinski definition) is 8. The topological polar surface area (TPSA) is 232 Å². The molecule has 7 atom stereocenters. The maximum atomic E-state index is 13.1. The van der Waals surface area contributed by atoms with Gasteiger partial charge in [-0.05, 0) is 57.7 Å². The Labute approximate surface area is 225 Å². The Hall–Kier alpha value is -3.75. The average molecular weight is 552 g/mol. The summed E-state index contributed by atoms with van der Waals surface area (Å²) in [6.07, 6.45) is -1.88. The molecule has 0 unspecified atom stereocenters. The number of nitrogens with one attached hydrogen (secondary N) is 3. The van der Waals surface area contributed by atoms with Gasteiger partial charge in [0.15, 0.2) is 6.04 Å². The first-order chi connectivity index (χ1) is 18.2. The molecule has 14 heteroatoms. The molecule has 14 nitrogen and oxygen atoms in total. The summed E-state index contributed by atoms with van der Waals surface area (Å²) in [5.74, 6) is -4.31. The van der Waals surface area contributed by atoms with Crippen LogP contribution in [0.2, 0.25) is 0 Å². The number of benzene rings is 1. The number of carbonyl (C=O) groups excluding carboxylic acids is 4. The number of rotatable bonds is 12. The SMILES string of the molecule is C[C@H](NC(=O)[C@@H](NC(=O)[C@@H](N)Cc1ccc(O)cc1)[C@@H](C)O)C(=O)N1CCC[C@H]1C(=O)N[C@H](C(=O)O)[C@@H](C)O. The lowest BCUT2D eigenvalue weighted by atomic mass is 10.0. The maximum Gasteiger partial charge on any atom is 0.328 e. The Morgan fingerprint density at radius 1 is 0.949 bits per heavy atom. The number of aliphatic hydroxyl groups excluding tert-OH is 2.